The van der Waals surface area contributed by atoms with Gasteiger partial charge in [-0.15, -0.1) is 0 Å². The van der Waals surface area contributed by atoms with Gasteiger partial charge >= 0.3 is 5.69 Å². The molecule has 27 heavy (non-hydrogen) atoms. The van der Waals surface area contributed by atoms with E-state index in [1.54, 1.807) is 7.11 Å². The molecule has 0 N–H and O–H groups in total. The molecule has 142 valence electrons. The van der Waals surface area contributed by atoms with Crippen molar-refractivity contribution in [2.45, 2.75) is 32.9 Å². The van der Waals surface area contributed by atoms with Crippen molar-refractivity contribution in [3.05, 3.63) is 57.5 Å². The van der Waals surface area contributed by atoms with E-state index >= 15 is 0 Å². The van der Waals surface area contributed by atoms with E-state index in [2.05, 4.69) is 0 Å². The summed E-state index contributed by atoms with van der Waals surface area (Å²) in [5.74, 6) is 1.98. The van der Waals surface area contributed by atoms with Crippen molar-refractivity contribution in [1.82, 2.24) is 9.13 Å². The Balaban J connectivity index is 1.76. The molecule has 0 aliphatic heterocycles. The van der Waals surface area contributed by atoms with Gasteiger partial charge in [0.2, 0.25) is 0 Å². The maximum absolute atomic E-state index is 13.1. The van der Waals surface area contributed by atoms with Gasteiger partial charge < -0.3 is 9.47 Å². The molecule has 0 atom stereocenters. The van der Waals surface area contributed by atoms with Crippen LogP contribution in [0.3, 0.4) is 0 Å². The molecule has 0 radical (unpaired) electrons. The monoisotopic (exact) mass is 386 g/mol. The minimum absolute atomic E-state index is 0.00736. The number of methoxy groups -OCH3 is 1. The van der Waals surface area contributed by atoms with Crippen molar-refractivity contribution in [2.75, 3.05) is 13.7 Å². The zero-order valence-corrected chi connectivity index (χ0v) is 16.3. The van der Waals surface area contributed by atoms with Gasteiger partial charge in [0.05, 0.1) is 31.3 Å². The molecule has 1 fully saturated rings. The SMILES string of the molecule is CCOc1cc(Cn2c(=O)n(CC3CC3)c3cc(Cl)ccc32)ccc1OC. The van der Waals surface area contributed by atoms with E-state index in [9.17, 15) is 4.79 Å². The van der Waals surface area contributed by atoms with Gasteiger partial charge in [-0.1, -0.05) is 17.7 Å². The van der Waals surface area contributed by atoms with Crippen LogP contribution in [0.5, 0.6) is 11.5 Å². The minimum atomic E-state index is 0.00736. The number of imidazole rings is 1. The van der Waals surface area contributed by atoms with Gasteiger partial charge in [-0.3, -0.25) is 9.13 Å². The lowest BCUT2D eigenvalue weighted by atomic mass is 10.2. The van der Waals surface area contributed by atoms with Crippen molar-refractivity contribution >= 4 is 22.6 Å². The quantitative estimate of drug-likeness (QED) is 0.607. The Labute approximate surface area is 163 Å². The number of aromatic nitrogens is 2. The van der Waals surface area contributed by atoms with Crippen molar-refractivity contribution < 1.29 is 9.47 Å². The van der Waals surface area contributed by atoms with Gasteiger partial charge in [0.15, 0.2) is 11.5 Å². The van der Waals surface area contributed by atoms with Gasteiger partial charge in [0, 0.05) is 11.6 Å². The number of benzene rings is 2. The largest absolute Gasteiger partial charge is 0.493 e. The first-order valence-corrected chi connectivity index (χ1v) is 9.66. The average Bonchev–Trinajstić information content (AvgIpc) is 3.45. The van der Waals surface area contributed by atoms with Gasteiger partial charge in [-0.05, 0) is 61.6 Å². The molecule has 0 amide bonds. The second kappa shape index (κ2) is 7.31. The summed E-state index contributed by atoms with van der Waals surface area (Å²) >= 11 is 6.20. The summed E-state index contributed by atoms with van der Waals surface area (Å²) in [5.41, 5.74) is 2.80. The van der Waals surface area contributed by atoms with Crippen LogP contribution in [0.15, 0.2) is 41.2 Å². The van der Waals surface area contributed by atoms with Gasteiger partial charge in [-0.25, -0.2) is 4.79 Å². The third-order valence-electron chi connectivity index (χ3n) is 4.99. The van der Waals surface area contributed by atoms with Crippen LogP contribution >= 0.6 is 11.6 Å². The van der Waals surface area contributed by atoms with Crippen LogP contribution in [0.2, 0.25) is 5.02 Å². The molecule has 0 saturated heterocycles. The Hall–Kier alpha value is -2.40. The van der Waals surface area contributed by atoms with Crippen LogP contribution in [0.1, 0.15) is 25.3 Å². The highest BCUT2D eigenvalue weighted by Crippen LogP contribution is 2.32. The highest BCUT2D eigenvalue weighted by atomic mass is 35.5. The molecule has 0 unspecified atom stereocenters. The van der Waals surface area contributed by atoms with E-state index < -0.39 is 0 Å². The minimum Gasteiger partial charge on any atom is -0.493 e. The van der Waals surface area contributed by atoms with Crippen LogP contribution in [0, 0.1) is 5.92 Å². The molecule has 3 aromatic rings. The average molecular weight is 387 g/mol. The van der Waals surface area contributed by atoms with Crippen LogP contribution < -0.4 is 15.2 Å². The lowest BCUT2D eigenvalue weighted by Crippen LogP contribution is -2.25. The third-order valence-corrected chi connectivity index (χ3v) is 5.22. The summed E-state index contributed by atoms with van der Waals surface area (Å²) < 4.78 is 14.7. The topological polar surface area (TPSA) is 45.4 Å². The van der Waals surface area contributed by atoms with E-state index in [0.717, 1.165) is 23.1 Å². The fraction of sp³-hybridized carbons (Fsp3) is 0.381. The number of ether oxygens (including phenoxy) is 2. The first kappa shape index (κ1) is 18.0. The third kappa shape index (κ3) is 3.56. The molecule has 1 heterocycles. The number of hydrogen-bond donors (Lipinski definition) is 0. The summed E-state index contributed by atoms with van der Waals surface area (Å²) in [4.78, 5) is 13.1. The van der Waals surface area contributed by atoms with Crippen molar-refractivity contribution in [1.29, 1.82) is 0 Å². The van der Waals surface area contributed by atoms with Gasteiger partial charge in [-0.2, -0.15) is 0 Å². The molecular formula is C21H23ClN2O3. The first-order valence-electron chi connectivity index (χ1n) is 9.29. The van der Waals surface area contributed by atoms with Gasteiger partial charge in [0.25, 0.3) is 0 Å². The van der Waals surface area contributed by atoms with Crippen molar-refractivity contribution in [2.24, 2.45) is 5.92 Å². The maximum Gasteiger partial charge on any atom is 0.329 e. The zero-order chi connectivity index (χ0) is 19.0. The lowest BCUT2D eigenvalue weighted by Gasteiger charge is -2.11. The molecular weight excluding hydrogens is 364 g/mol. The normalized spacial score (nSPS) is 13.9. The Morgan fingerprint density at radius 2 is 1.89 bits per heavy atom. The van der Waals surface area contributed by atoms with Crippen LogP contribution in [-0.4, -0.2) is 22.9 Å². The van der Waals surface area contributed by atoms with E-state index in [0.29, 0.717) is 35.6 Å². The first-order chi connectivity index (χ1) is 13.1. The lowest BCUT2D eigenvalue weighted by molar-refractivity contribution is 0.310. The fourth-order valence-electron chi connectivity index (χ4n) is 3.45. The van der Waals surface area contributed by atoms with E-state index in [-0.39, 0.29) is 5.69 Å². The molecule has 0 bridgehead atoms. The summed E-state index contributed by atoms with van der Waals surface area (Å²) in [6.45, 7) is 3.72. The second-order valence-electron chi connectivity index (χ2n) is 6.97. The van der Waals surface area contributed by atoms with E-state index in [4.69, 9.17) is 21.1 Å². The smallest absolute Gasteiger partial charge is 0.329 e. The van der Waals surface area contributed by atoms with Crippen LogP contribution in [0.25, 0.3) is 11.0 Å². The molecule has 6 heteroatoms. The van der Waals surface area contributed by atoms with E-state index in [1.807, 2.05) is 52.5 Å². The Morgan fingerprint density at radius 3 is 2.59 bits per heavy atom. The van der Waals surface area contributed by atoms with Crippen LogP contribution in [-0.2, 0) is 13.1 Å². The predicted molar refractivity (Wildman–Crippen MR) is 107 cm³/mol. The molecule has 1 aliphatic rings. The number of rotatable bonds is 7. The molecule has 1 aliphatic carbocycles. The van der Waals surface area contributed by atoms with Crippen molar-refractivity contribution in [3.8, 4) is 11.5 Å². The van der Waals surface area contributed by atoms with Crippen molar-refractivity contribution in [3.63, 3.8) is 0 Å². The maximum atomic E-state index is 13.1. The Bertz CT molecular complexity index is 1030. The number of nitrogens with zero attached hydrogens (tertiary/aromatic N) is 2. The molecule has 1 saturated carbocycles. The highest BCUT2D eigenvalue weighted by Gasteiger charge is 2.25. The van der Waals surface area contributed by atoms with Crippen LogP contribution in [0.4, 0.5) is 0 Å². The summed E-state index contributed by atoms with van der Waals surface area (Å²) in [5, 5.41) is 0.646. The van der Waals surface area contributed by atoms with Gasteiger partial charge in [0.1, 0.15) is 0 Å². The Morgan fingerprint density at radius 1 is 1.07 bits per heavy atom. The predicted octanol–water partition coefficient (Wildman–Crippen LogP) is 4.32. The summed E-state index contributed by atoms with van der Waals surface area (Å²) in [6.07, 6.45) is 2.38. The summed E-state index contributed by atoms with van der Waals surface area (Å²) in [7, 11) is 1.62. The second-order valence-corrected chi connectivity index (χ2v) is 7.41. The molecule has 1 aromatic heterocycles. The number of halogens is 1. The fourth-order valence-corrected chi connectivity index (χ4v) is 3.62. The number of fused-ring (bicyclic) bond motifs is 1. The Kier molecular flexibility index (Phi) is 4.87. The zero-order valence-electron chi connectivity index (χ0n) is 15.6. The molecule has 0 spiro atoms. The standard InChI is InChI=1S/C21H23ClN2O3/c1-3-27-20-10-15(6-9-19(20)26-2)13-23-17-8-7-16(22)11-18(17)24(21(23)25)12-14-4-5-14/h6-11,14H,3-5,12-13H2,1-2H3. The molecule has 4 rings (SSSR count). The molecule has 2 aromatic carbocycles. The number of hydrogen-bond acceptors (Lipinski definition) is 3. The van der Waals surface area contributed by atoms with E-state index in [1.165, 1.54) is 12.8 Å². The summed E-state index contributed by atoms with van der Waals surface area (Å²) in [6, 6.07) is 11.4. The molecule has 5 nitrogen and oxygen atoms in total. The highest BCUT2D eigenvalue weighted by molar-refractivity contribution is 6.31.